The van der Waals surface area contributed by atoms with E-state index >= 15 is 0 Å². The second kappa shape index (κ2) is 10.8. The summed E-state index contributed by atoms with van der Waals surface area (Å²) >= 11 is 0. The third kappa shape index (κ3) is 4.99. The van der Waals surface area contributed by atoms with Crippen LogP contribution in [0.25, 0.3) is 0 Å². The minimum atomic E-state index is -0.614. The summed E-state index contributed by atoms with van der Waals surface area (Å²) in [5.74, 6) is 1.48. The van der Waals surface area contributed by atoms with E-state index < -0.39 is 15.8 Å². The largest absolute Gasteiger partial charge is 0.0622 e. The van der Waals surface area contributed by atoms with E-state index in [2.05, 4.69) is 148 Å². The molecule has 5 rings (SSSR count). The fraction of sp³-hybridized carbons (Fsp3) is 0.0645. The van der Waals surface area contributed by atoms with Crippen LogP contribution in [0.3, 0.4) is 0 Å². The summed E-state index contributed by atoms with van der Waals surface area (Å²) < 4.78 is 0. The maximum atomic E-state index is 2.42. The van der Waals surface area contributed by atoms with Gasteiger partial charge < -0.3 is 0 Å². The Morgan fingerprint density at radius 2 is 0.879 bits per heavy atom. The van der Waals surface area contributed by atoms with Crippen molar-refractivity contribution in [3.63, 3.8) is 0 Å². The molecular weight excluding hydrogens is 434 g/mol. The summed E-state index contributed by atoms with van der Waals surface area (Å²) in [6.07, 6.45) is 6.98. The van der Waals surface area contributed by atoms with Crippen molar-refractivity contribution in [3.8, 4) is 0 Å². The topological polar surface area (TPSA) is 0 Å². The SMILES string of the molecule is CC([C]1[CH][CH][CH][C]1P(c1ccccc1)c1ccccc1)P(c1ccccc1)c1ccccc1. The maximum Gasteiger partial charge on any atom is 0.0201 e. The third-order valence-electron chi connectivity index (χ3n) is 6.00. The van der Waals surface area contributed by atoms with Crippen molar-refractivity contribution in [2.45, 2.75) is 12.6 Å². The fourth-order valence-corrected chi connectivity index (χ4v) is 9.82. The van der Waals surface area contributed by atoms with E-state index in [1.807, 2.05) is 0 Å². The first-order valence-electron chi connectivity index (χ1n) is 11.4. The van der Waals surface area contributed by atoms with Crippen LogP contribution in [0.5, 0.6) is 0 Å². The molecular formula is C31H27P2. The van der Waals surface area contributed by atoms with Crippen molar-refractivity contribution < 1.29 is 0 Å². The fourth-order valence-electron chi connectivity index (χ4n) is 4.48. The Hall–Kier alpha value is -2.26. The van der Waals surface area contributed by atoms with Crippen LogP contribution in [0, 0.1) is 30.8 Å². The molecule has 0 N–H and O–H groups in total. The van der Waals surface area contributed by atoms with E-state index in [-0.39, 0.29) is 0 Å². The second-order valence-corrected chi connectivity index (χ2v) is 12.8. The second-order valence-electron chi connectivity index (χ2n) is 8.09. The Balaban J connectivity index is 1.54. The monoisotopic (exact) mass is 461 g/mol. The van der Waals surface area contributed by atoms with Gasteiger partial charge in [0, 0.05) is 5.66 Å². The molecule has 4 aromatic carbocycles. The van der Waals surface area contributed by atoms with Crippen LogP contribution in [0.4, 0.5) is 0 Å². The first kappa shape index (κ1) is 22.5. The van der Waals surface area contributed by atoms with Crippen LogP contribution < -0.4 is 21.2 Å². The summed E-state index contributed by atoms with van der Waals surface area (Å²) in [7, 11) is -1.15. The van der Waals surface area contributed by atoms with Crippen LogP contribution in [0.15, 0.2) is 121 Å². The van der Waals surface area contributed by atoms with Gasteiger partial charge in [0.15, 0.2) is 0 Å². The minimum Gasteiger partial charge on any atom is -0.0622 e. The van der Waals surface area contributed by atoms with Crippen molar-refractivity contribution in [1.29, 1.82) is 0 Å². The molecule has 161 valence electrons. The van der Waals surface area contributed by atoms with E-state index in [0.717, 1.165) is 0 Å². The Labute approximate surface area is 201 Å². The zero-order valence-corrected chi connectivity index (χ0v) is 20.5. The maximum absolute atomic E-state index is 2.42. The van der Waals surface area contributed by atoms with Gasteiger partial charge in [0.05, 0.1) is 0 Å². The Morgan fingerprint density at radius 1 is 0.485 bits per heavy atom. The molecule has 0 spiro atoms. The van der Waals surface area contributed by atoms with E-state index in [9.17, 15) is 0 Å². The lowest BCUT2D eigenvalue weighted by Gasteiger charge is -2.36. The average molecular weight is 462 g/mol. The molecule has 0 bridgehead atoms. The van der Waals surface area contributed by atoms with Crippen LogP contribution in [0.2, 0.25) is 0 Å². The molecule has 4 aromatic rings. The smallest absolute Gasteiger partial charge is 0.0201 e. The van der Waals surface area contributed by atoms with Crippen LogP contribution in [-0.2, 0) is 0 Å². The lowest BCUT2D eigenvalue weighted by molar-refractivity contribution is 1.00. The quantitative estimate of drug-likeness (QED) is 0.281. The van der Waals surface area contributed by atoms with Crippen LogP contribution in [0.1, 0.15) is 6.92 Å². The normalized spacial score (nSPS) is 15.8. The molecule has 1 unspecified atom stereocenters. The summed E-state index contributed by atoms with van der Waals surface area (Å²) in [5, 5.41) is 5.67. The van der Waals surface area contributed by atoms with E-state index in [1.54, 1.807) is 0 Å². The summed E-state index contributed by atoms with van der Waals surface area (Å²) in [5.41, 5.74) is 1.89. The van der Waals surface area contributed by atoms with Gasteiger partial charge in [-0.3, -0.25) is 0 Å². The van der Waals surface area contributed by atoms with Gasteiger partial charge in [-0.05, 0) is 67.9 Å². The molecule has 1 fully saturated rings. The van der Waals surface area contributed by atoms with Gasteiger partial charge in [-0.1, -0.05) is 128 Å². The zero-order chi connectivity index (χ0) is 22.5. The minimum absolute atomic E-state index is 0.409. The van der Waals surface area contributed by atoms with Crippen LogP contribution in [-0.4, -0.2) is 5.66 Å². The van der Waals surface area contributed by atoms with Gasteiger partial charge in [0.25, 0.3) is 0 Å². The molecule has 0 aliphatic heterocycles. The molecule has 0 nitrogen and oxygen atoms in total. The van der Waals surface area contributed by atoms with Crippen molar-refractivity contribution in [2.75, 3.05) is 0 Å². The van der Waals surface area contributed by atoms with Gasteiger partial charge in [0.1, 0.15) is 0 Å². The molecule has 33 heavy (non-hydrogen) atoms. The molecule has 0 heterocycles. The summed E-state index contributed by atoms with van der Waals surface area (Å²) in [6.45, 7) is 2.42. The third-order valence-corrected chi connectivity index (χ3v) is 11.3. The molecule has 2 heteroatoms. The van der Waals surface area contributed by atoms with Gasteiger partial charge in [-0.15, -0.1) is 0 Å². The molecule has 0 amide bonds. The first-order chi connectivity index (χ1) is 16.3. The standard InChI is InChI=1S/C31H27P2/c1-25(32(26-15-6-2-7-16-26)27-17-8-3-9-18-27)30-23-14-24-31(30)33(28-19-10-4-11-20-28)29-21-12-5-13-22-29/h2-25H,1H3. The molecule has 1 aliphatic rings. The van der Waals surface area contributed by atoms with Crippen LogP contribution >= 0.6 is 15.8 Å². The highest BCUT2D eigenvalue weighted by Crippen LogP contribution is 2.61. The summed E-state index contributed by atoms with van der Waals surface area (Å²) in [4.78, 5) is 0. The van der Waals surface area contributed by atoms with Crippen molar-refractivity contribution >= 4 is 37.1 Å². The van der Waals surface area contributed by atoms with Crippen molar-refractivity contribution in [1.82, 2.24) is 0 Å². The highest BCUT2D eigenvalue weighted by Gasteiger charge is 2.42. The Bertz CT molecular complexity index is 1030. The molecule has 0 saturated heterocycles. The van der Waals surface area contributed by atoms with E-state index in [4.69, 9.17) is 0 Å². The first-order valence-corrected chi connectivity index (χ1v) is 14.1. The number of hydrogen-bond donors (Lipinski definition) is 0. The molecule has 0 aromatic heterocycles. The highest BCUT2D eigenvalue weighted by molar-refractivity contribution is 7.76. The van der Waals surface area contributed by atoms with Gasteiger partial charge in [-0.2, -0.15) is 0 Å². The van der Waals surface area contributed by atoms with Crippen molar-refractivity contribution in [3.05, 3.63) is 152 Å². The highest BCUT2D eigenvalue weighted by atomic mass is 31.1. The molecule has 1 aliphatic carbocycles. The molecule has 5 radical (unpaired) electrons. The lowest BCUT2D eigenvalue weighted by Crippen LogP contribution is -2.28. The van der Waals surface area contributed by atoms with Crippen molar-refractivity contribution in [2.24, 2.45) is 0 Å². The van der Waals surface area contributed by atoms with Gasteiger partial charge >= 0.3 is 0 Å². The lowest BCUT2D eigenvalue weighted by atomic mass is 10.0. The Morgan fingerprint density at radius 3 is 1.30 bits per heavy atom. The predicted octanol–water partition coefficient (Wildman–Crippen LogP) is 6.37. The summed E-state index contributed by atoms with van der Waals surface area (Å²) in [6, 6.07) is 44.2. The number of benzene rings is 4. The van der Waals surface area contributed by atoms with E-state index in [1.165, 1.54) is 32.8 Å². The van der Waals surface area contributed by atoms with E-state index in [0.29, 0.717) is 5.66 Å². The molecule has 1 saturated carbocycles. The number of hydrogen-bond acceptors (Lipinski definition) is 0. The predicted molar refractivity (Wildman–Crippen MR) is 147 cm³/mol. The number of rotatable bonds is 7. The van der Waals surface area contributed by atoms with Gasteiger partial charge in [0.2, 0.25) is 0 Å². The average Bonchev–Trinajstić information content (AvgIpc) is 3.36. The zero-order valence-electron chi connectivity index (χ0n) is 18.8. The van der Waals surface area contributed by atoms with Gasteiger partial charge in [-0.25, -0.2) is 0 Å². The Kier molecular flexibility index (Phi) is 7.36. The molecule has 1 atom stereocenters.